The molecule has 4 nitrogen and oxygen atoms in total. The maximum Gasteiger partial charge on any atom is 0.181 e. The van der Waals surface area contributed by atoms with Crippen molar-refractivity contribution in [3.05, 3.63) is 65.4 Å². The highest BCUT2D eigenvalue weighted by Gasteiger charge is 2.39. The molecule has 156 valence electrons. The first-order chi connectivity index (χ1) is 14.2. The van der Waals surface area contributed by atoms with Gasteiger partial charge in [-0.3, -0.25) is 4.79 Å². The van der Waals surface area contributed by atoms with Crippen molar-refractivity contribution in [2.45, 2.75) is 51.9 Å². The van der Waals surface area contributed by atoms with Crippen LogP contribution in [-0.4, -0.2) is 29.7 Å². The summed E-state index contributed by atoms with van der Waals surface area (Å²) < 4.78 is 1.87. The van der Waals surface area contributed by atoms with Crippen molar-refractivity contribution < 1.29 is 4.79 Å². The first kappa shape index (κ1) is 20.4. The highest BCUT2D eigenvalue weighted by Crippen LogP contribution is 2.43. The van der Waals surface area contributed by atoms with E-state index in [4.69, 9.17) is 5.10 Å². The van der Waals surface area contributed by atoms with Gasteiger partial charge in [-0.2, -0.15) is 5.10 Å². The zero-order valence-electron chi connectivity index (χ0n) is 18.9. The van der Waals surface area contributed by atoms with Gasteiger partial charge in [-0.15, -0.1) is 0 Å². The van der Waals surface area contributed by atoms with E-state index in [-0.39, 0.29) is 11.2 Å². The van der Waals surface area contributed by atoms with Gasteiger partial charge in [0.05, 0.1) is 11.4 Å². The van der Waals surface area contributed by atoms with Crippen LogP contribution in [0.4, 0.5) is 5.69 Å². The van der Waals surface area contributed by atoms with Gasteiger partial charge in [0.2, 0.25) is 0 Å². The van der Waals surface area contributed by atoms with E-state index in [1.165, 1.54) is 5.56 Å². The number of ketones is 1. The van der Waals surface area contributed by atoms with E-state index in [9.17, 15) is 4.79 Å². The predicted octanol–water partition coefficient (Wildman–Crippen LogP) is 5.98. The molecule has 3 aromatic rings. The Hall–Kier alpha value is -2.88. The molecule has 1 aliphatic rings. The quantitative estimate of drug-likeness (QED) is 0.539. The number of hydrogen-bond donors (Lipinski definition) is 0. The third-order valence-electron chi connectivity index (χ3n) is 6.26. The number of anilines is 1. The third-order valence-corrected chi connectivity index (χ3v) is 6.26. The molecule has 4 heteroatoms. The minimum absolute atomic E-state index is 0.102. The number of aromatic nitrogens is 2. The molecule has 0 saturated heterocycles. The lowest BCUT2D eigenvalue weighted by Crippen LogP contribution is -2.28. The average molecular weight is 402 g/mol. The molecule has 4 rings (SSSR count). The van der Waals surface area contributed by atoms with E-state index in [0.29, 0.717) is 12.3 Å². The summed E-state index contributed by atoms with van der Waals surface area (Å²) >= 11 is 0. The van der Waals surface area contributed by atoms with Gasteiger partial charge < -0.3 is 4.90 Å². The smallest absolute Gasteiger partial charge is 0.181 e. The number of nitrogens with zero attached hydrogens (tertiary/aromatic N) is 3. The maximum absolute atomic E-state index is 13.1. The Kier molecular flexibility index (Phi) is 5.05. The molecule has 30 heavy (non-hydrogen) atoms. The van der Waals surface area contributed by atoms with Gasteiger partial charge in [-0.05, 0) is 47.6 Å². The van der Waals surface area contributed by atoms with Crippen molar-refractivity contribution in [2.24, 2.45) is 0 Å². The number of hydrogen-bond acceptors (Lipinski definition) is 3. The summed E-state index contributed by atoms with van der Waals surface area (Å²) in [6.07, 6.45) is 1.41. The summed E-state index contributed by atoms with van der Waals surface area (Å²) in [4.78, 5) is 15.1. The average Bonchev–Trinajstić information content (AvgIpc) is 3.14. The van der Waals surface area contributed by atoms with Crippen LogP contribution < -0.4 is 4.90 Å². The van der Waals surface area contributed by atoms with E-state index in [1.54, 1.807) is 0 Å². The summed E-state index contributed by atoms with van der Waals surface area (Å²) in [6, 6.07) is 16.9. The van der Waals surface area contributed by atoms with Gasteiger partial charge in [0.25, 0.3) is 0 Å². The van der Waals surface area contributed by atoms with Crippen LogP contribution in [0.3, 0.4) is 0 Å². The highest BCUT2D eigenvalue weighted by molar-refractivity contribution is 6.00. The van der Waals surface area contributed by atoms with Gasteiger partial charge in [-0.1, -0.05) is 52.0 Å². The van der Waals surface area contributed by atoms with Crippen LogP contribution in [0, 0.1) is 0 Å². The Morgan fingerprint density at radius 3 is 2.20 bits per heavy atom. The monoisotopic (exact) mass is 401 g/mol. The minimum atomic E-state index is -0.102. The van der Waals surface area contributed by atoms with Crippen LogP contribution in [0.5, 0.6) is 0 Å². The topological polar surface area (TPSA) is 38.1 Å². The normalized spacial score (nSPS) is 15.4. The standard InChI is InChI=1S/C26H31N3O/c1-17(2)18-7-13-21(14-8-18)29-25-22(30)15-16-26(3,4)23(25)24(27-29)19-9-11-20(12-10-19)28(5)6/h7-14,17H,15-16H2,1-6H3. The van der Waals surface area contributed by atoms with Crippen molar-refractivity contribution >= 4 is 11.5 Å². The van der Waals surface area contributed by atoms with Gasteiger partial charge in [0, 0.05) is 37.3 Å². The maximum atomic E-state index is 13.1. The molecule has 0 spiro atoms. The second-order valence-corrected chi connectivity index (χ2v) is 9.48. The van der Waals surface area contributed by atoms with Crippen LogP contribution in [0.15, 0.2) is 48.5 Å². The zero-order chi connectivity index (χ0) is 21.6. The van der Waals surface area contributed by atoms with Gasteiger partial charge >= 0.3 is 0 Å². The number of rotatable bonds is 4. The fraction of sp³-hybridized carbons (Fsp3) is 0.385. The molecule has 0 unspecified atom stereocenters. The molecule has 1 aliphatic carbocycles. The minimum Gasteiger partial charge on any atom is -0.378 e. The molecular weight excluding hydrogens is 370 g/mol. The fourth-order valence-corrected chi connectivity index (χ4v) is 4.29. The van der Waals surface area contributed by atoms with E-state index >= 15 is 0 Å². The van der Waals surface area contributed by atoms with Crippen molar-refractivity contribution in [1.82, 2.24) is 9.78 Å². The first-order valence-corrected chi connectivity index (χ1v) is 10.7. The van der Waals surface area contributed by atoms with Crippen LogP contribution in [0.25, 0.3) is 16.9 Å². The zero-order valence-corrected chi connectivity index (χ0v) is 18.9. The lowest BCUT2D eigenvalue weighted by molar-refractivity contribution is 0.0949. The molecule has 0 radical (unpaired) electrons. The number of benzene rings is 2. The molecule has 0 amide bonds. The summed E-state index contributed by atoms with van der Waals surface area (Å²) in [5, 5.41) is 5.01. The number of carbonyl (C=O) groups is 1. The molecule has 0 aliphatic heterocycles. The van der Waals surface area contributed by atoms with Crippen LogP contribution in [-0.2, 0) is 5.41 Å². The molecule has 0 saturated carbocycles. The summed E-state index contributed by atoms with van der Waals surface area (Å²) in [5.41, 5.74) is 7.06. The number of carbonyl (C=O) groups excluding carboxylic acids is 1. The molecule has 2 aromatic carbocycles. The number of fused-ring (bicyclic) bond motifs is 1. The molecule has 0 atom stereocenters. The van der Waals surface area contributed by atoms with E-state index in [2.05, 4.69) is 81.1 Å². The van der Waals surface area contributed by atoms with Gasteiger partial charge in [0.15, 0.2) is 5.78 Å². The molecular formula is C26H31N3O. The molecule has 0 N–H and O–H groups in total. The van der Waals surface area contributed by atoms with Crippen LogP contribution in [0.2, 0.25) is 0 Å². The first-order valence-electron chi connectivity index (χ1n) is 10.7. The molecule has 1 heterocycles. The van der Waals surface area contributed by atoms with Gasteiger partial charge in [-0.25, -0.2) is 4.68 Å². The third kappa shape index (κ3) is 3.45. The number of Topliss-reactive ketones (excluding diaryl/α,β-unsaturated/α-hetero) is 1. The lowest BCUT2D eigenvalue weighted by Gasteiger charge is -2.30. The predicted molar refractivity (Wildman–Crippen MR) is 124 cm³/mol. The Morgan fingerprint density at radius 1 is 1.00 bits per heavy atom. The van der Waals surface area contributed by atoms with E-state index in [0.717, 1.165) is 40.3 Å². The Labute approximate surface area is 179 Å². The van der Waals surface area contributed by atoms with Crippen molar-refractivity contribution in [3.8, 4) is 16.9 Å². The molecule has 1 aromatic heterocycles. The second-order valence-electron chi connectivity index (χ2n) is 9.48. The summed E-state index contributed by atoms with van der Waals surface area (Å²) in [7, 11) is 4.07. The summed E-state index contributed by atoms with van der Waals surface area (Å²) in [6.45, 7) is 8.83. The molecule has 0 bridgehead atoms. The Balaban J connectivity index is 1.91. The highest BCUT2D eigenvalue weighted by atomic mass is 16.1. The SMILES string of the molecule is CC(C)c1ccc(-n2nc(-c3ccc(N(C)C)cc3)c3c2C(=O)CCC3(C)C)cc1. The second kappa shape index (κ2) is 7.42. The Morgan fingerprint density at radius 2 is 1.63 bits per heavy atom. The summed E-state index contributed by atoms with van der Waals surface area (Å²) in [5.74, 6) is 0.651. The largest absolute Gasteiger partial charge is 0.378 e. The lowest BCUT2D eigenvalue weighted by atomic mass is 9.73. The van der Waals surface area contributed by atoms with E-state index in [1.807, 2.05) is 18.8 Å². The van der Waals surface area contributed by atoms with Crippen molar-refractivity contribution in [1.29, 1.82) is 0 Å². The van der Waals surface area contributed by atoms with Crippen molar-refractivity contribution in [3.63, 3.8) is 0 Å². The van der Waals surface area contributed by atoms with E-state index < -0.39 is 0 Å². The Bertz CT molecular complexity index is 1070. The van der Waals surface area contributed by atoms with Crippen LogP contribution >= 0.6 is 0 Å². The van der Waals surface area contributed by atoms with Crippen LogP contribution in [0.1, 0.15) is 68.1 Å². The van der Waals surface area contributed by atoms with Gasteiger partial charge in [0.1, 0.15) is 5.69 Å². The fourth-order valence-electron chi connectivity index (χ4n) is 4.29. The van der Waals surface area contributed by atoms with Crippen molar-refractivity contribution in [2.75, 3.05) is 19.0 Å². The molecule has 0 fully saturated rings.